The zero-order valence-corrected chi connectivity index (χ0v) is 22.4. The van der Waals surface area contributed by atoms with Crippen LogP contribution in [0.25, 0.3) is 0 Å². The van der Waals surface area contributed by atoms with Crippen molar-refractivity contribution in [1.82, 2.24) is 10.6 Å². The van der Waals surface area contributed by atoms with E-state index in [4.69, 9.17) is 0 Å². The van der Waals surface area contributed by atoms with Gasteiger partial charge in [-0.1, -0.05) is 68.8 Å². The number of sulfonamides is 1. The first kappa shape index (κ1) is 27.7. The van der Waals surface area contributed by atoms with Gasteiger partial charge in [-0.05, 0) is 54.3 Å². The third kappa shape index (κ3) is 8.95. The van der Waals surface area contributed by atoms with Crippen LogP contribution in [0.15, 0.2) is 83.8 Å². The molecule has 0 aliphatic heterocycles. The van der Waals surface area contributed by atoms with Crippen LogP contribution in [0.2, 0.25) is 0 Å². The molecule has 0 bridgehead atoms. The predicted molar refractivity (Wildman–Crippen MR) is 147 cm³/mol. The van der Waals surface area contributed by atoms with Crippen LogP contribution in [0.3, 0.4) is 0 Å². The molecule has 8 nitrogen and oxygen atoms in total. The molecule has 0 fully saturated rings. The molecule has 0 heterocycles. The van der Waals surface area contributed by atoms with E-state index in [1.807, 2.05) is 58.0 Å². The van der Waals surface area contributed by atoms with Crippen molar-refractivity contribution in [2.45, 2.75) is 45.1 Å². The van der Waals surface area contributed by atoms with Crippen LogP contribution in [0.4, 0.5) is 16.2 Å². The van der Waals surface area contributed by atoms with Crippen molar-refractivity contribution in [2.75, 3.05) is 16.6 Å². The molecule has 196 valence electrons. The molecule has 0 aliphatic carbocycles. The highest BCUT2D eigenvalue weighted by Crippen LogP contribution is 2.19. The number of rotatable bonds is 9. The minimum Gasteiger partial charge on any atom is -0.354 e. The standard InChI is InChI=1S/C28H34N4O4S/c1-20-10-16-24(17-11-20)37(35,36)32-23-14-12-22(13-15-23)30-27(34)31-25(18-21-8-6-5-7-9-21)26(33)29-19-28(2,3)4/h5-17,25,32H,18-19H2,1-4H3,(H,29,33)(H2,30,31,34)/t25-/m1/s1. The highest BCUT2D eigenvalue weighted by atomic mass is 32.2. The van der Waals surface area contributed by atoms with E-state index in [0.717, 1.165) is 11.1 Å². The van der Waals surface area contributed by atoms with Crippen molar-refractivity contribution in [3.8, 4) is 0 Å². The van der Waals surface area contributed by atoms with Crippen LogP contribution < -0.4 is 20.7 Å². The average molecular weight is 523 g/mol. The van der Waals surface area contributed by atoms with Crippen LogP contribution in [-0.2, 0) is 21.2 Å². The van der Waals surface area contributed by atoms with E-state index in [-0.39, 0.29) is 16.2 Å². The lowest BCUT2D eigenvalue weighted by Crippen LogP contribution is -2.50. The smallest absolute Gasteiger partial charge is 0.319 e. The third-order valence-electron chi connectivity index (χ3n) is 5.42. The summed E-state index contributed by atoms with van der Waals surface area (Å²) < 4.78 is 27.7. The SMILES string of the molecule is Cc1ccc(S(=O)(=O)Nc2ccc(NC(=O)N[C@H](Cc3ccccc3)C(=O)NCC(C)(C)C)cc2)cc1. The molecule has 0 unspecified atom stereocenters. The molecule has 3 aromatic carbocycles. The fourth-order valence-corrected chi connectivity index (χ4v) is 4.47. The molecule has 4 N–H and O–H groups in total. The van der Waals surface area contributed by atoms with Gasteiger partial charge >= 0.3 is 6.03 Å². The number of carbonyl (C=O) groups is 2. The molecule has 3 rings (SSSR count). The Kier molecular flexibility index (Phi) is 8.94. The molecule has 0 saturated carbocycles. The van der Waals surface area contributed by atoms with Crippen LogP contribution in [-0.4, -0.2) is 32.9 Å². The fraction of sp³-hybridized carbons (Fsp3) is 0.286. The summed E-state index contributed by atoms with van der Waals surface area (Å²) in [4.78, 5) is 25.8. The van der Waals surface area contributed by atoms with E-state index in [0.29, 0.717) is 24.3 Å². The van der Waals surface area contributed by atoms with E-state index in [1.54, 1.807) is 48.5 Å². The second-order valence-electron chi connectivity index (χ2n) is 10.1. The van der Waals surface area contributed by atoms with Crippen molar-refractivity contribution in [2.24, 2.45) is 5.41 Å². The average Bonchev–Trinajstić information content (AvgIpc) is 2.83. The normalized spacial score (nSPS) is 12.3. The minimum atomic E-state index is -3.73. The van der Waals surface area contributed by atoms with Gasteiger partial charge in [-0.2, -0.15) is 0 Å². The molecule has 0 radical (unpaired) electrons. The molecule has 37 heavy (non-hydrogen) atoms. The number of anilines is 2. The lowest BCUT2D eigenvalue weighted by atomic mass is 9.96. The third-order valence-corrected chi connectivity index (χ3v) is 6.82. The minimum absolute atomic E-state index is 0.0993. The van der Waals surface area contributed by atoms with Gasteiger partial charge in [0, 0.05) is 24.3 Å². The number of carbonyl (C=O) groups excluding carboxylic acids is 2. The van der Waals surface area contributed by atoms with Gasteiger partial charge in [0.1, 0.15) is 6.04 Å². The Morgan fingerprint density at radius 2 is 1.43 bits per heavy atom. The number of benzene rings is 3. The maximum Gasteiger partial charge on any atom is 0.319 e. The van der Waals surface area contributed by atoms with Gasteiger partial charge in [-0.15, -0.1) is 0 Å². The lowest BCUT2D eigenvalue weighted by Gasteiger charge is -2.23. The first-order valence-corrected chi connectivity index (χ1v) is 13.5. The molecule has 0 spiro atoms. The van der Waals surface area contributed by atoms with Crippen molar-refractivity contribution in [3.05, 3.63) is 90.0 Å². The van der Waals surface area contributed by atoms with Crippen LogP contribution in [0, 0.1) is 12.3 Å². The van der Waals surface area contributed by atoms with Gasteiger partial charge in [-0.25, -0.2) is 13.2 Å². The number of nitrogens with one attached hydrogen (secondary N) is 4. The maximum atomic E-state index is 12.9. The Labute approximate surface area is 218 Å². The van der Waals surface area contributed by atoms with Crippen LogP contribution in [0.1, 0.15) is 31.9 Å². The molecule has 3 aromatic rings. The summed E-state index contributed by atoms with van der Waals surface area (Å²) in [6.45, 7) is 8.41. The largest absolute Gasteiger partial charge is 0.354 e. The second kappa shape index (κ2) is 11.9. The molecule has 3 amide bonds. The first-order valence-electron chi connectivity index (χ1n) is 12.0. The Bertz CT molecular complexity index is 1300. The van der Waals surface area contributed by atoms with Crippen molar-refractivity contribution >= 4 is 33.3 Å². The summed E-state index contributed by atoms with van der Waals surface area (Å²) in [6.07, 6.45) is 0.337. The zero-order chi connectivity index (χ0) is 27.1. The molecule has 9 heteroatoms. The summed E-state index contributed by atoms with van der Waals surface area (Å²) in [6, 6.07) is 21.0. The zero-order valence-electron chi connectivity index (χ0n) is 21.5. The summed E-state index contributed by atoms with van der Waals surface area (Å²) in [5.74, 6) is -0.269. The maximum absolute atomic E-state index is 12.9. The topological polar surface area (TPSA) is 116 Å². The van der Waals surface area contributed by atoms with Gasteiger partial charge < -0.3 is 16.0 Å². The number of hydrogen-bond acceptors (Lipinski definition) is 4. The van der Waals surface area contributed by atoms with Crippen molar-refractivity contribution in [3.63, 3.8) is 0 Å². The fourth-order valence-electron chi connectivity index (χ4n) is 3.41. The number of aryl methyl sites for hydroxylation is 1. The molecule has 1 atom stereocenters. The van der Waals surface area contributed by atoms with E-state index < -0.39 is 22.1 Å². The number of urea groups is 1. The van der Waals surface area contributed by atoms with Gasteiger partial charge in [0.2, 0.25) is 5.91 Å². The monoisotopic (exact) mass is 522 g/mol. The lowest BCUT2D eigenvalue weighted by molar-refractivity contribution is -0.123. The Balaban J connectivity index is 1.63. The summed E-state index contributed by atoms with van der Waals surface area (Å²) >= 11 is 0. The predicted octanol–water partition coefficient (Wildman–Crippen LogP) is 4.69. The van der Waals surface area contributed by atoms with Crippen LogP contribution >= 0.6 is 0 Å². The second-order valence-corrected chi connectivity index (χ2v) is 11.8. The molecule has 0 aromatic heterocycles. The Morgan fingerprint density at radius 3 is 2.03 bits per heavy atom. The Hall–Kier alpha value is -3.85. The number of amides is 3. The summed E-state index contributed by atoms with van der Waals surface area (Å²) in [5, 5.41) is 8.37. The molecule has 0 aliphatic rings. The van der Waals surface area contributed by atoms with E-state index >= 15 is 0 Å². The highest BCUT2D eigenvalue weighted by molar-refractivity contribution is 7.92. The molecular formula is C28H34N4O4S. The van der Waals surface area contributed by atoms with Gasteiger partial charge in [0.05, 0.1) is 4.90 Å². The van der Waals surface area contributed by atoms with E-state index in [2.05, 4.69) is 20.7 Å². The van der Waals surface area contributed by atoms with Gasteiger partial charge in [-0.3, -0.25) is 9.52 Å². The molecular weight excluding hydrogens is 488 g/mol. The summed E-state index contributed by atoms with van der Waals surface area (Å²) in [5.41, 5.74) is 2.59. The first-order chi connectivity index (χ1) is 17.4. The summed E-state index contributed by atoms with van der Waals surface area (Å²) in [7, 11) is -3.73. The van der Waals surface area contributed by atoms with Gasteiger partial charge in [0.15, 0.2) is 0 Å². The van der Waals surface area contributed by atoms with Crippen molar-refractivity contribution in [1.29, 1.82) is 0 Å². The van der Waals surface area contributed by atoms with E-state index in [9.17, 15) is 18.0 Å². The Morgan fingerprint density at radius 1 is 0.838 bits per heavy atom. The van der Waals surface area contributed by atoms with Crippen molar-refractivity contribution < 1.29 is 18.0 Å². The number of hydrogen-bond donors (Lipinski definition) is 4. The van der Waals surface area contributed by atoms with Crippen LogP contribution in [0.5, 0.6) is 0 Å². The van der Waals surface area contributed by atoms with Gasteiger partial charge in [0.25, 0.3) is 10.0 Å². The quantitative estimate of drug-likeness (QED) is 0.326. The highest BCUT2D eigenvalue weighted by Gasteiger charge is 2.23. The van der Waals surface area contributed by atoms with E-state index in [1.165, 1.54) is 0 Å². The molecule has 0 saturated heterocycles.